The van der Waals surface area contributed by atoms with Gasteiger partial charge in [0, 0.05) is 31.4 Å². The smallest absolute Gasteiger partial charge is 0.269 e. The maximum atomic E-state index is 12.8. The first-order chi connectivity index (χ1) is 13.0. The molecule has 0 atom stereocenters. The Morgan fingerprint density at radius 1 is 1.19 bits per heavy atom. The zero-order chi connectivity index (χ0) is 19.0. The third-order valence-corrected chi connectivity index (χ3v) is 5.07. The van der Waals surface area contributed by atoms with E-state index in [0.717, 1.165) is 25.9 Å². The number of pyridine rings is 1. The Kier molecular flexibility index (Phi) is 4.31. The van der Waals surface area contributed by atoms with Crippen molar-refractivity contribution in [2.75, 3.05) is 18.0 Å². The van der Waals surface area contributed by atoms with E-state index in [1.807, 2.05) is 0 Å². The average molecular weight is 365 g/mol. The first-order valence-corrected chi connectivity index (χ1v) is 8.92. The Balaban J connectivity index is 1.77. The van der Waals surface area contributed by atoms with Gasteiger partial charge in [0.15, 0.2) is 5.65 Å². The molecule has 0 saturated carbocycles. The number of nitro benzene ring substituents is 1. The molecule has 138 valence electrons. The Morgan fingerprint density at radius 2 is 1.89 bits per heavy atom. The van der Waals surface area contributed by atoms with Gasteiger partial charge in [-0.25, -0.2) is 4.98 Å². The standard InChI is InChI=1S/C19H19N5O3/c1-12-7-10-23(11-8-12)19-21-17-16(18(25)22-19)15(6-9-20-17)13-2-4-14(5-3-13)24(26)27/h2-6,9,12H,7-8,10-11H2,1H3,(H,20,21,22,25). The Bertz CT molecular complexity index is 1050. The van der Waals surface area contributed by atoms with Crippen LogP contribution in [0.15, 0.2) is 41.3 Å². The minimum Gasteiger partial charge on any atom is -0.342 e. The SMILES string of the molecule is CC1CCN(c2nc3nccc(-c4ccc([N+](=O)[O-])cc4)c3c(=O)[nH]2)CC1. The van der Waals surface area contributed by atoms with Gasteiger partial charge in [-0.2, -0.15) is 4.98 Å². The van der Waals surface area contributed by atoms with Crippen LogP contribution in [0.3, 0.4) is 0 Å². The summed E-state index contributed by atoms with van der Waals surface area (Å²) in [7, 11) is 0. The highest BCUT2D eigenvalue weighted by Crippen LogP contribution is 2.27. The lowest BCUT2D eigenvalue weighted by Crippen LogP contribution is -2.35. The number of nitrogens with one attached hydrogen (secondary N) is 1. The van der Waals surface area contributed by atoms with Crippen LogP contribution >= 0.6 is 0 Å². The van der Waals surface area contributed by atoms with E-state index in [2.05, 4.69) is 26.8 Å². The summed E-state index contributed by atoms with van der Waals surface area (Å²) < 4.78 is 0. The number of hydrogen-bond donors (Lipinski definition) is 1. The molecule has 4 rings (SSSR count). The van der Waals surface area contributed by atoms with Crippen LogP contribution in [-0.4, -0.2) is 33.0 Å². The van der Waals surface area contributed by atoms with E-state index < -0.39 is 4.92 Å². The fourth-order valence-electron chi connectivity index (χ4n) is 3.43. The highest BCUT2D eigenvalue weighted by atomic mass is 16.6. The number of non-ortho nitro benzene ring substituents is 1. The van der Waals surface area contributed by atoms with Gasteiger partial charge in [0.25, 0.3) is 11.2 Å². The van der Waals surface area contributed by atoms with E-state index in [1.165, 1.54) is 12.1 Å². The Labute approximate surface area is 155 Å². The van der Waals surface area contributed by atoms with Gasteiger partial charge in [-0.3, -0.25) is 19.9 Å². The largest absolute Gasteiger partial charge is 0.342 e. The van der Waals surface area contributed by atoms with Gasteiger partial charge >= 0.3 is 0 Å². The second-order valence-corrected chi connectivity index (χ2v) is 6.92. The maximum Gasteiger partial charge on any atom is 0.269 e. The number of anilines is 1. The number of aromatic amines is 1. The van der Waals surface area contributed by atoms with Crippen molar-refractivity contribution in [1.82, 2.24) is 15.0 Å². The summed E-state index contributed by atoms with van der Waals surface area (Å²) in [5.74, 6) is 1.23. The lowest BCUT2D eigenvalue weighted by molar-refractivity contribution is -0.384. The number of benzene rings is 1. The normalized spacial score (nSPS) is 15.2. The third-order valence-electron chi connectivity index (χ3n) is 5.07. The highest BCUT2D eigenvalue weighted by Gasteiger charge is 2.20. The molecule has 0 radical (unpaired) electrons. The first kappa shape index (κ1) is 17.1. The number of fused-ring (bicyclic) bond motifs is 1. The van der Waals surface area contributed by atoms with Crippen molar-refractivity contribution in [2.45, 2.75) is 19.8 Å². The lowest BCUT2D eigenvalue weighted by Gasteiger charge is -2.30. The maximum absolute atomic E-state index is 12.8. The molecule has 1 saturated heterocycles. The van der Waals surface area contributed by atoms with Gasteiger partial charge in [-0.1, -0.05) is 6.92 Å². The minimum atomic E-state index is -0.450. The lowest BCUT2D eigenvalue weighted by atomic mass is 10.00. The summed E-state index contributed by atoms with van der Waals surface area (Å²) in [6, 6.07) is 7.83. The van der Waals surface area contributed by atoms with Gasteiger partial charge in [-0.05, 0) is 48.1 Å². The summed E-state index contributed by atoms with van der Waals surface area (Å²) in [6.45, 7) is 3.95. The molecule has 8 nitrogen and oxygen atoms in total. The van der Waals surface area contributed by atoms with Crippen LogP contribution in [0.4, 0.5) is 11.6 Å². The van der Waals surface area contributed by atoms with Gasteiger partial charge in [0.1, 0.15) is 0 Å². The van der Waals surface area contributed by atoms with Crippen LogP contribution in [-0.2, 0) is 0 Å². The fourth-order valence-corrected chi connectivity index (χ4v) is 3.43. The number of hydrogen-bond acceptors (Lipinski definition) is 6. The molecule has 0 amide bonds. The molecule has 1 aliphatic heterocycles. The van der Waals surface area contributed by atoms with Crippen LogP contribution in [0.25, 0.3) is 22.2 Å². The quantitative estimate of drug-likeness (QED) is 0.565. The number of nitrogens with zero attached hydrogens (tertiary/aromatic N) is 4. The number of piperidine rings is 1. The predicted octanol–water partition coefficient (Wildman–Crippen LogP) is 3.13. The number of H-pyrrole nitrogens is 1. The van der Waals surface area contributed by atoms with E-state index in [1.54, 1.807) is 24.4 Å². The van der Waals surface area contributed by atoms with E-state index in [-0.39, 0.29) is 11.2 Å². The molecule has 0 spiro atoms. The number of aromatic nitrogens is 3. The summed E-state index contributed by atoms with van der Waals surface area (Å²) in [5.41, 5.74) is 1.49. The highest BCUT2D eigenvalue weighted by molar-refractivity contribution is 5.92. The van der Waals surface area contributed by atoms with Gasteiger partial charge in [-0.15, -0.1) is 0 Å². The minimum absolute atomic E-state index is 0.00533. The van der Waals surface area contributed by atoms with E-state index in [0.29, 0.717) is 34.0 Å². The molecule has 27 heavy (non-hydrogen) atoms. The van der Waals surface area contributed by atoms with Gasteiger partial charge in [0.05, 0.1) is 10.3 Å². The Hall–Kier alpha value is -3.29. The predicted molar refractivity (Wildman–Crippen MR) is 103 cm³/mol. The first-order valence-electron chi connectivity index (χ1n) is 8.92. The molecule has 8 heteroatoms. The van der Waals surface area contributed by atoms with Crippen LogP contribution < -0.4 is 10.5 Å². The second kappa shape index (κ2) is 6.79. The van der Waals surface area contributed by atoms with Crippen molar-refractivity contribution >= 4 is 22.7 Å². The number of rotatable bonds is 3. The molecule has 3 heterocycles. The molecule has 1 fully saturated rings. The van der Waals surface area contributed by atoms with Crippen molar-refractivity contribution in [3.05, 3.63) is 57.0 Å². The van der Waals surface area contributed by atoms with Crippen LogP contribution in [0.5, 0.6) is 0 Å². The zero-order valence-corrected chi connectivity index (χ0v) is 14.9. The average Bonchev–Trinajstić information content (AvgIpc) is 2.68. The Morgan fingerprint density at radius 3 is 2.56 bits per heavy atom. The molecule has 3 aromatic rings. The zero-order valence-electron chi connectivity index (χ0n) is 14.9. The van der Waals surface area contributed by atoms with Crippen molar-refractivity contribution in [2.24, 2.45) is 5.92 Å². The molecule has 1 aromatic carbocycles. The number of nitro groups is 1. The molecule has 0 unspecified atom stereocenters. The van der Waals surface area contributed by atoms with Crippen molar-refractivity contribution in [3.8, 4) is 11.1 Å². The van der Waals surface area contributed by atoms with Crippen molar-refractivity contribution in [1.29, 1.82) is 0 Å². The van der Waals surface area contributed by atoms with Crippen LogP contribution in [0.2, 0.25) is 0 Å². The molecule has 1 N–H and O–H groups in total. The molecule has 2 aromatic heterocycles. The monoisotopic (exact) mass is 365 g/mol. The van der Waals surface area contributed by atoms with Gasteiger partial charge < -0.3 is 4.90 Å². The molecular formula is C19H19N5O3. The molecule has 0 bridgehead atoms. The van der Waals surface area contributed by atoms with E-state index in [4.69, 9.17) is 0 Å². The van der Waals surface area contributed by atoms with Crippen LogP contribution in [0.1, 0.15) is 19.8 Å². The molecular weight excluding hydrogens is 346 g/mol. The molecule has 1 aliphatic rings. The third kappa shape index (κ3) is 3.25. The van der Waals surface area contributed by atoms with Crippen molar-refractivity contribution < 1.29 is 4.92 Å². The summed E-state index contributed by atoms with van der Waals surface area (Å²) in [6.07, 6.45) is 3.74. The second-order valence-electron chi connectivity index (χ2n) is 6.92. The summed E-state index contributed by atoms with van der Waals surface area (Å²) in [4.78, 5) is 37.0. The van der Waals surface area contributed by atoms with Gasteiger partial charge in [0.2, 0.25) is 5.95 Å². The fraction of sp³-hybridized carbons (Fsp3) is 0.316. The van der Waals surface area contributed by atoms with E-state index >= 15 is 0 Å². The topological polar surface area (TPSA) is 105 Å². The summed E-state index contributed by atoms with van der Waals surface area (Å²) >= 11 is 0. The van der Waals surface area contributed by atoms with Crippen molar-refractivity contribution in [3.63, 3.8) is 0 Å². The summed E-state index contributed by atoms with van der Waals surface area (Å²) in [5, 5.41) is 11.2. The molecule has 0 aliphatic carbocycles. The van der Waals surface area contributed by atoms with Crippen LogP contribution in [0, 0.1) is 16.0 Å². The van der Waals surface area contributed by atoms with E-state index in [9.17, 15) is 14.9 Å².